The van der Waals surface area contributed by atoms with Crippen molar-refractivity contribution in [2.75, 3.05) is 39.4 Å². The Labute approximate surface area is 106 Å². The van der Waals surface area contributed by atoms with Crippen molar-refractivity contribution < 1.29 is 9.53 Å². The SMILES string of the molecule is O=C(N1CCOCC1)N1CCC2S[C]=CC2C1. The van der Waals surface area contributed by atoms with Gasteiger partial charge in [0.05, 0.1) is 13.2 Å². The van der Waals surface area contributed by atoms with Gasteiger partial charge in [-0.2, -0.15) is 0 Å². The van der Waals surface area contributed by atoms with Gasteiger partial charge in [0.25, 0.3) is 0 Å². The molecule has 0 bridgehead atoms. The van der Waals surface area contributed by atoms with Crippen molar-refractivity contribution in [3.63, 3.8) is 0 Å². The summed E-state index contributed by atoms with van der Waals surface area (Å²) in [4.78, 5) is 16.2. The van der Waals surface area contributed by atoms with Crippen LogP contribution in [0.3, 0.4) is 0 Å². The third-order valence-electron chi connectivity index (χ3n) is 3.65. The lowest BCUT2D eigenvalue weighted by atomic mass is 9.98. The number of nitrogens with zero attached hydrogens (tertiary/aromatic N) is 2. The summed E-state index contributed by atoms with van der Waals surface area (Å²) in [6.45, 7) is 4.57. The molecular weight excluding hydrogens is 236 g/mol. The lowest BCUT2D eigenvalue weighted by Gasteiger charge is -2.38. The maximum absolute atomic E-state index is 12.3. The quantitative estimate of drug-likeness (QED) is 0.650. The number of hydrogen-bond acceptors (Lipinski definition) is 3. The molecule has 93 valence electrons. The second-order valence-corrected chi connectivity index (χ2v) is 5.80. The summed E-state index contributed by atoms with van der Waals surface area (Å²) >= 11 is 1.80. The molecule has 0 spiro atoms. The van der Waals surface area contributed by atoms with Crippen LogP contribution >= 0.6 is 11.8 Å². The Balaban J connectivity index is 1.60. The predicted molar refractivity (Wildman–Crippen MR) is 66.7 cm³/mol. The molecule has 2 saturated heterocycles. The normalized spacial score (nSPS) is 32.7. The van der Waals surface area contributed by atoms with E-state index in [1.807, 2.05) is 9.80 Å². The highest BCUT2D eigenvalue weighted by molar-refractivity contribution is 8.01. The zero-order valence-corrected chi connectivity index (χ0v) is 10.6. The van der Waals surface area contributed by atoms with Gasteiger partial charge in [-0.15, -0.1) is 11.8 Å². The van der Waals surface area contributed by atoms with Gasteiger partial charge in [0.1, 0.15) is 0 Å². The predicted octanol–water partition coefficient (Wildman–Crippen LogP) is 1.19. The first-order valence-electron chi connectivity index (χ1n) is 6.21. The van der Waals surface area contributed by atoms with Gasteiger partial charge in [-0.1, -0.05) is 6.08 Å². The molecular formula is C12H17N2O2S. The minimum absolute atomic E-state index is 0.192. The van der Waals surface area contributed by atoms with Crippen LogP contribution in [-0.2, 0) is 4.74 Å². The van der Waals surface area contributed by atoms with E-state index in [-0.39, 0.29) is 6.03 Å². The standard InChI is InChI=1S/C12H17N2O2S/c15-12(13-4-6-16-7-5-13)14-3-1-11-10(9-14)2-8-17-11/h2,10-11H,1,3-7,9H2. The van der Waals surface area contributed by atoms with Crippen LogP contribution < -0.4 is 0 Å². The lowest BCUT2D eigenvalue weighted by Crippen LogP contribution is -2.52. The highest BCUT2D eigenvalue weighted by atomic mass is 32.2. The Morgan fingerprint density at radius 3 is 2.94 bits per heavy atom. The number of carbonyl (C=O) groups is 1. The van der Waals surface area contributed by atoms with E-state index >= 15 is 0 Å². The smallest absolute Gasteiger partial charge is 0.320 e. The Morgan fingerprint density at radius 1 is 1.29 bits per heavy atom. The van der Waals surface area contributed by atoms with Crippen molar-refractivity contribution >= 4 is 17.8 Å². The second-order valence-electron chi connectivity index (χ2n) is 4.72. The van der Waals surface area contributed by atoms with E-state index in [4.69, 9.17) is 4.74 Å². The van der Waals surface area contributed by atoms with Crippen molar-refractivity contribution in [1.29, 1.82) is 0 Å². The summed E-state index contributed by atoms with van der Waals surface area (Å²) in [5, 5.41) is 3.88. The minimum Gasteiger partial charge on any atom is -0.378 e. The first-order valence-corrected chi connectivity index (χ1v) is 7.08. The molecule has 2 atom stereocenters. The second kappa shape index (κ2) is 4.90. The number of rotatable bonds is 0. The van der Waals surface area contributed by atoms with Crippen LogP contribution in [-0.4, -0.2) is 60.5 Å². The minimum atomic E-state index is 0.192. The van der Waals surface area contributed by atoms with Crippen molar-refractivity contribution in [2.24, 2.45) is 5.92 Å². The Bertz CT molecular complexity index is 328. The van der Waals surface area contributed by atoms with E-state index in [0.29, 0.717) is 24.4 Å². The van der Waals surface area contributed by atoms with Crippen LogP contribution in [0.5, 0.6) is 0 Å². The maximum atomic E-state index is 12.3. The van der Waals surface area contributed by atoms with Crippen LogP contribution in [0.2, 0.25) is 0 Å². The van der Waals surface area contributed by atoms with Crippen LogP contribution in [0.1, 0.15) is 6.42 Å². The summed E-state index contributed by atoms with van der Waals surface area (Å²) in [6.07, 6.45) is 3.23. The largest absolute Gasteiger partial charge is 0.378 e. The fourth-order valence-electron chi connectivity index (χ4n) is 2.61. The van der Waals surface area contributed by atoms with Crippen LogP contribution in [0.25, 0.3) is 0 Å². The van der Waals surface area contributed by atoms with Crippen molar-refractivity contribution in [3.05, 3.63) is 11.5 Å². The molecule has 0 N–H and O–H groups in total. The van der Waals surface area contributed by atoms with Gasteiger partial charge in [-0.25, -0.2) is 4.79 Å². The number of morpholine rings is 1. The highest BCUT2D eigenvalue weighted by Crippen LogP contribution is 2.35. The number of carbonyl (C=O) groups excluding carboxylic acids is 1. The Hall–Kier alpha value is -0.680. The molecule has 2 fully saturated rings. The van der Waals surface area contributed by atoms with Crippen molar-refractivity contribution in [2.45, 2.75) is 11.7 Å². The highest BCUT2D eigenvalue weighted by Gasteiger charge is 2.34. The molecule has 0 aromatic carbocycles. The molecule has 1 radical (unpaired) electrons. The topological polar surface area (TPSA) is 32.8 Å². The van der Waals surface area contributed by atoms with Gasteiger partial charge < -0.3 is 14.5 Å². The molecule has 2 amide bonds. The Kier molecular flexibility index (Phi) is 3.29. The molecule has 3 rings (SSSR count). The van der Waals surface area contributed by atoms with E-state index in [2.05, 4.69) is 11.5 Å². The van der Waals surface area contributed by atoms with E-state index in [1.54, 1.807) is 11.8 Å². The van der Waals surface area contributed by atoms with Crippen LogP contribution in [0.15, 0.2) is 6.08 Å². The summed E-state index contributed by atoms with van der Waals surface area (Å²) in [7, 11) is 0. The third-order valence-corrected chi connectivity index (χ3v) is 4.81. The molecule has 0 aromatic rings. The molecule has 0 saturated carbocycles. The van der Waals surface area contributed by atoms with Crippen LogP contribution in [0.4, 0.5) is 4.79 Å². The third kappa shape index (κ3) is 2.31. The lowest BCUT2D eigenvalue weighted by molar-refractivity contribution is 0.0406. The molecule has 3 aliphatic rings. The van der Waals surface area contributed by atoms with Crippen molar-refractivity contribution in [3.8, 4) is 0 Å². The van der Waals surface area contributed by atoms with Gasteiger partial charge >= 0.3 is 6.03 Å². The van der Waals surface area contributed by atoms with Crippen molar-refractivity contribution in [1.82, 2.24) is 9.80 Å². The van der Waals surface area contributed by atoms with Gasteiger partial charge in [0, 0.05) is 42.8 Å². The average Bonchev–Trinajstić information content (AvgIpc) is 2.86. The first kappa shape index (κ1) is 11.4. The molecule has 0 aliphatic carbocycles. The molecule has 3 aliphatic heterocycles. The molecule has 2 unspecified atom stereocenters. The number of likely N-dealkylation sites (tertiary alicyclic amines) is 1. The van der Waals surface area contributed by atoms with E-state index < -0.39 is 0 Å². The number of ether oxygens (including phenoxy) is 1. The van der Waals surface area contributed by atoms with Gasteiger partial charge in [0.15, 0.2) is 0 Å². The zero-order valence-electron chi connectivity index (χ0n) is 9.80. The molecule has 4 nitrogen and oxygen atoms in total. The maximum Gasteiger partial charge on any atom is 0.320 e. The fourth-order valence-corrected chi connectivity index (χ4v) is 3.60. The van der Waals surface area contributed by atoms with E-state index in [1.165, 1.54) is 0 Å². The van der Waals surface area contributed by atoms with Gasteiger partial charge in [-0.05, 0) is 6.42 Å². The molecule has 3 heterocycles. The summed E-state index contributed by atoms with van der Waals surface area (Å²) < 4.78 is 5.27. The van der Waals surface area contributed by atoms with E-state index in [9.17, 15) is 4.79 Å². The monoisotopic (exact) mass is 253 g/mol. The number of urea groups is 1. The van der Waals surface area contributed by atoms with E-state index in [0.717, 1.165) is 32.6 Å². The first-order chi connectivity index (χ1) is 8.34. The van der Waals surface area contributed by atoms with Gasteiger partial charge in [-0.3, -0.25) is 0 Å². The molecule has 5 heteroatoms. The number of hydrogen-bond donors (Lipinski definition) is 0. The average molecular weight is 253 g/mol. The van der Waals surface area contributed by atoms with Crippen LogP contribution in [0, 0.1) is 11.3 Å². The fraction of sp³-hybridized carbons (Fsp3) is 0.750. The summed E-state index contributed by atoms with van der Waals surface area (Å²) in [5.41, 5.74) is 0. The van der Waals surface area contributed by atoms with Gasteiger partial charge in [0.2, 0.25) is 0 Å². The Morgan fingerprint density at radius 2 is 2.12 bits per heavy atom. The molecule has 17 heavy (non-hydrogen) atoms. The number of piperidine rings is 1. The number of thioether (sulfide) groups is 1. The number of fused-ring (bicyclic) bond motifs is 1. The zero-order chi connectivity index (χ0) is 11.7. The summed E-state index contributed by atoms with van der Waals surface area (Å²) in [5.74, 6) is 0.513. The summed E-state index contributed by atoms with van der Waals surface area (Å²) in [6, 6.07) is 0.192. The number of amides is 2. The molecule has 0 aromatic heterocycles.